The highest BCUT2D eigenvalue weighted by atomic mass is 16.6. The number of benzene rings is 2. The summed E-state index contributed by atoms with van der Waals surface area (Å²) in [4.78, 5) is 43.1. The summed E-state index contributed by atoms with van der Waals surface area (Å²) in [6, 6.07) is 18.6. The van der Waals surface area contributed by atoms with Crippen LogP contribution < -0.4 is 0 Å². The molecular weight excluding hydrogens is 376 g/mol. The zero-order valence-corrected chi connectivity index (χ0v) is 16.0. The van der Waals surface area contributed by atoms with Crippen molar-refractivity contribution in [3.8, 4) is 0 Å². The SMILES string of the molecule is C=C(C)C(=O)OCCOC(=O)COC=O.O=C(c1ccccc1)c1ccccc1. The molecule has 0 aromatic heterocycles. The average Bonchev–Trinajstić information content (AvgIpc) is 2.76. The molecule has 7 heteroatoms. The molecule has 2 aromatic rings. The van der Waals surface area contributed by atoms with Crippen molar-refractivity contribution in [3.05, 3.63) is 83.9 Å². The monoisotopic (exact) mass is 398 g/mol. The van der Waals surface area contributed by atoms with Crippen LogP contribution >= 0.6 is 0 Å². The summed E-state index contributed by atoms with van der Waals surface area (Å²) in [5.41, 5.74) is 1.74. The van der Waals surface area contributed by atoms with Gasteiger partial charge in [0, 0.05) is 16.7 Å². The molecule has 7 nitrogen and oxygen atoms in total. The molecule has 29 heavy (non-hydrogen) atoms. The average molecular weight is 398 g/mol. The Hall–Kier alpha value is -3.74. The maximum atomic E-state index is 11.8. The maximum Gasteiger partial charge on any atom is 0.344 e. The maximum absolute atomic E-state index is 11.8. The second-order valence-electron chi connectivity index (χ2n) is 5.61. The molecule has 2 aromatic carbocycles. The van der Waals surface area contributed by atoms with Gasteiger partial charge in [-0.25, -0.2) is 9.59 Å². The van der Waals surface area contributed by atoms with Gasteiger partial charge < -0.3 is 14.2 Å². The van der Waals surface area contributed by atoms with E-state index in [-0.39, 0.29) is 31.0 Å². The van der Waals surface area contributed by atoms with Gasteiger partial charge in [0.25, 0.3) is 6.47 Å². The lowest BCUT2D eigenvalue weighted by atomic mass is 10.0. The Morgan fingerprint density at radius 1 is 0.862 bits per heavy atom. The molecule has 0 unspecified atom stereocenters. The molecule has 0 heterocycles. The number of esters is 2. The van der Waals surface area contributed by atoms with E-state index in [1.165, 1.54) is 6.92 Å². The molecule has 0 aliphatic heterocycles. The number of carbonyl (C=O) groups excluding carboxylic acids is 4. The van der Waals surface area contributed by atoms with Crippen LogP contribution in [0.3, 0.4) is 0 Å². The van der Waals surface area contributed by atoms with E-state index in [2.05, 4.69) is 20.8 Å². The second-order valence-corrected chi connectivity index (χ2v) is 5.61. The van der Waals surface area contributed by atoms with Crippen molar-refractivity contribution in [3.63, 3.8) is 0 Å². The highest BCUT2D eigenvalue weighted by Crippen LogP contribution is 2.08. The van der Waals surface area contributed by atoms with E-state index in [1.54, 1.807) is 0 Å². The molecule has 2 rings (SSSR count). The topological polar surface area (TPSA) is 96.0 Å². The minimum Gasteiger partial charge on any atom is -0.460 e. The van der Waals surface area contributed by atoms with Gasteiger partial charge in [0.05, 0.1) is 0 Å². The van der Waals surface area contributed by atoms with Crippen LogP contribution in [-0.4, -0.2) is 44.0 Å². The predicted octanol–water partition coefficient (Wildman–Crippen LogP) is 2.74. The molecule has 0 spiro atoms. The Kier molecular flexibility index (Phi) is 10.8. The zero-order chi connectivity index (χ0) is 21.5. The Balaban J connectivity index is 0.000000290. The lowest BCUT2D eigenvalue weighted by Gasteiger charge is -2.05. The first-order valence-corrected chi connectivity index (χ1v) is 8.64. The van der Waals surface area contributed by atoms with E-state index < -0.39 is 18.5 Å². The molecule has 0 saturated heterocycles. The normalized spacial score (nSPS) is 9.28. The van der Waals surface area contributed by atoms with Gasteiger partial charge >= 0.3 is 11.9 Å². The summed E-state index contributed by atoms with van der Waals surface area (Å²) in [5.74, 6) is -1.17. The van der Waals surface area contributed by atoms with E-state index >= 15 is 0 Å². The molecule has 0 bridgehead atoms. The Labute approximate surface area is 168 Å². The lowest BCUT2D eigenvalue weighted by Crippen LogP contribution is -2.17. The van der Waals surface area contributed by atoms with Crippen molar-refractivity contribution in [1.82, 2.24) is 0 Å². The quantitative estimate of drug-likeness (QED) is 0.160. The van der Waals surface area contributed by atoms with Crippen LogP contribution in [0.1, 0.15) is 22.8 Å². The molecule has 0 saturated carbocycles. The van der Waals surface area contributed by atoms with E-state index in [4.69, 9.17) is 0 Å². The van der Waals surface area contributed by atoms with Gasteiger partial charge in [-0.05, 0) is 6.92 Å². The van der Waals surface area contributed by atoms with Crippen LogP contribution in [-0.2, 0) is 28.6 Å². The van der Waals surface area contributed by atoms with Gasteiger partial charge in [0.1, 0.15) is 13.2 Å². The third-order valence-corrected chi connectivity index (χ3v) is 3.27. The number of carbonyl (C=O) groups is 4. The van der Waals surface area contributed by atoms with Gasteiger partial charge in [-0.1, -0.05) is 67.2 Å². The van der Waals surface area contributed by atoms with Crippen LogP contribution in [0.15, 0.2) is 72.8 Å². The van der Waals surface area contributed by atoms with Crippen molar-refractivity contribution in [2.24, 2.45) is 0 Å². The highest BCUT2D eigenvalue weighted by Gasteiger charge is 2.06. The summed E-state index contributed by atoms with van der Waals surface area (Å²) >= 11 is 0. The molecule has 0 radical (unpaired) electrons. The number of ether oxygens (including phenoxy) is 3. The summed E-state index contributed by atoms with van der Waals surface area (Å²) in [6.07, 6.45) is 0. The number of hydrogen-bond acceptors (Lipinski definition) is 7. The molecule has 0 aliphatic carbocycles. The van der Waals surface area contributed by atoms with Crippen molar-refractivity contribution >= 4 is 24.2 Å². The number of ketones is 1. The molecule has 0 aliphatic rings. The number of hydrogen-bond donors (Lipinski definition) is 0. The molecule has 0 fully saturated rings. The van der Waals surface area contributed by atoms with Gasteiger partial charge in [0.2, 0.25) is 0 Å². The number of rotatable bonds is 9. The van der Waals surface area contributed by atoms with Crippen molar-refractivity contribution in [1.29, 1.82) is 0 Å². The zero-order valence-electron chi connectivity index (χ0n) is 16.0. The fraction of sp³-hybridized carbons (Fsp3) is 0.182. The van der Waals surface area contributed by atoms with Crippen LogP contribution in [0.5, 0.6) is 0 Å². The summed E-state index contributed by atoms with van der Waals surface area (Å²) < 4.78 is 13.3. The van der Waals surface area contributed by atoms with Gasteiger partial charge in [-0.3, -0.25) is 9.59 Å². The first-order chi connectivity index (χ1) is 14.0. The molecule has 0 N–H and O–H groups in total. The van der Waals surface area contributed by atoms with Crippen LogP contribution in [0.25, 0.3) is 0 Å². The van der Waals surface area contributed by atoms with Crippen molar-refractivity contribution in [2.75, 3.05) is 19.8 Å². The summed E-state index contributed by atoms with van der Waals surface area (Å²) in [5, 5.41) is 0. The van der Waals surface area contributed by atoms with Gasteiger partial charge in [-0.2, -0.15) is 0 Å². The van der Waals surface area contributed by atoms with Crippen LogP contribution in [0, 0.1) is 0 Å². The summed E-state index contributed by atoms with van der Waals surface area (Å²) in [7, 11) is 0. The van der Waals surface area contributed by atoms with Gasteiger partial charge in [-0.15, -0.1) is 0 Å². The third kappa shape index (κ3) is 9.67. The molecule has 152 valence electrons. The molecule has 0 amide bonds. The van der Waals surface area contributed by atoms with Crippen LogP contribution in [0.4, 0.5) is 0 Å². The first kappa shape index (κ1) is 23.3. The van der Waals surface area contributed by atoms with E-state index in [0.29, 0.717) is 0 Å². The van der Waals surface area contributed by atoms with Crippen molar-refractivity contribution in [2.45, 2.75) is 6.92 Å². The smallest absolute Gasteiger partial charge is 0.344 e. The van der Waals surface area contributed by atoms with Crippen LogP contribution in [0.2, 0.25) is 0 Å². The largest absolute Gasteiger partial charge is 0.460 e. The fourth-order valence-corrected chi connectivity index (χ4v) is 1.90. The third-order valence-electron chi connectivity index (χ3n) is 3.27. The molecular formula is C22H22O7. The summed E-state index contributed by atoms with van der Waals surface area (Å²) in [6.45, 7) is 4.43. The minimum absolute atomic E-state index is 0.0570. The standard InChI is InChI=1S/C13H10O.C9H12O6/c14-13(11-7-3-1-4-8-11)12-9-5-2-6-10-12;1-7(2)9(12)15-4-3-14-8(11)5-13-6-10/h1-10H;6H,1,3-5H2,2H3. The Bertz CT molecular complexity index is 772. The second kappa shape index (κ2) is 13.4. The Morgan fingerprint density at radius 2 is 1.34 bits per heavy atom. The highest BCUT2D eigenvalue weighted by molar-refractivity contribution is 6.08. The Morgan fingerprint density at radius 3 is 1.79 bits per heavy atom. The van der Waals surface area contributed by atoms with E-state index in [9.17, 15) is 19.2 Å². The van der Waals surface area contributed by atoms with E-state index in [0.717, 1.165) is 11.1 Å². The lowest BCUT2D eigenvalue weighted by molar-refractivity contribution is -0.156. The first-order valence-electron chi connectivity index (χ1n) is 8.64. The molecule has 0 atom stereocenters. The van der Waals surface area contributed by atoms with Crippen molar-refractivity contribution < 1.29 is 33.4 Å². The minimum atomic E-state index is -0.700. The predicted molar refractivity (Wildman–Crippen MR) is 105 cm³/mol. The van der Waals surface area contributed by atoms with E-state index in [1.807, 2.05) is 60.7 Å². The van der Waals surface area contributed by atoms with Gasteiger partial charge in [0.15, 0.2) is 12.4 Å². The fourth-order valence-electron chi connectivity index (χ4n) is 1.90.